The summed E-state index contributed by atoms with van der Waals surface area (Å²) in [4.78, 5) is 15.4. The summed E-state index contributed by atoms with van der Waals surface area (Å²) in [7, 11) is 0. The minimum absolute atomic E-state index is 0.204. The van der Waals surface area contributed by atoms with Crippen LogP contribution in [0.2, 0.25) is 0 Å². The van der Waals surface area contributed by atoms with E-state index in [0.717, 1.165) is 6.42 Å². The highest BCUT2D eigenvalue weighted by molar-refractivity contribution is 5.98. The van der Waals surface area contributed by atoms with Crippen LogP contribution in [0, 0.1) is 5.92 Å². The molecule has 2 aromatic heterocycles. The highest BCUT2D eigenvalue weighted by Gasteiger charge is 2.24. The summed E-state index contributed by atoms with van der Waals surface area (Å²) in [5.41, 5.74) is 1.54. The van der Waals surface area contributed by atoms with Gasteiger partial charge in [0.05, 0.1) is 18.1 Å². The van der Waals surface area contributed by atoms with Gasteiger partial charge in [-0.15, -0.1) is 0 Å². The number of carboxylic acid groups (broad SMARTS) is 1. The zero-order valence-corrected chi connectivity index (χ0v) is 11.4. The number of rotatable bonds is 3. The van der Waals surface area contributed by atoms with Gasteiger partial charge in [-0.2, -0.15) is 5.10 Å². The molecule has 0 aromatic carbocycles. The number of fused-ring (bicyclic) bond motifs is 1. The SMILES string of the molecule is CC1CCCCC1Nc1c(C(=O)O)cnn2cncc12. The standard InChI is InChI=1S/C14H18N4O2/c1-9-4-2-3-5-11(9)17-13-10(14(19)20)6-16-18-8-15-7-12(13)18/h6-9,11,17H,2-5H2,1H3,(H,19,20). The van der Waals surface area contributed by atoms with Gasteiger partial charge in [0.1, 0.15) is 17.4 Å². The van der Waals surface area contributed by atoms with E-state index in [4.69, 9.17) is 0 Å². The predicted octanol–water partition coefficient (Wildman–Crippen LogP) is 2.42. The number of nitrogens with one attached hydrogen (secondary N) is 1. The Hall–Kier alpha value is -2.11. The van der Waals surface area contributed by atoms with E-state index in [1.54, 1.807) is 17.0 Å². The lowest BCUT2D eigenvalue weighted by Crippen LogP contribution is -2.31. The average molecular weight is 274 g/mol. The van der Waals surface area contributed by atoms with E-state index < -0.39 is 5.97 Å². The quantitative estimate of drug-likeness (QED) is 0.898. The van der Waals surface area contributed by atoms with Crippen molar-refractivity contribution in [1.82, 2.24) is 14.6 Å². The Balaban J connectivity index is 2.01. The van der Waals surface area contributed by atoms with Gasteiger partial charge in [0.25, 0.3) is 0 Å². The normalized spacial score (nSPS) is 22.9. The smallest absolute Gasteiger partial charge is 0.339 e. The first kappa shape index (κ1) is 12.9. The van der Waals surface area contributed by atoms with Crippen LogP contribution in [0.25, 0.3) is 5.52 Å². The van der Waals surface area contributed by atoms with Crippen LogP contribution < -0.4 is 5.32 Å². The van der Waals surface area contributed by atoms with E-state index >= 15 is 0 Å². The molecule has 1 aliphatic rings. The molecule has 0 saturated heterocycles. The molecule has 0 spiro atoms. The van der Waals surface area contributed by atoms with E-state index in [9.17, 15) is 9.90 Å². The maximum atomic E-state index is 11.4. The third kappa shape index (κ3) is 2.21. The number of carbonyl (C=O) groups is 1. The molecule has 1 fully saturated rings. The largest absolute Gasteiger partial charge is 0.478 e. The summed E-state index contributed by atoms with van der Waals surface area (Å²) in [6.45, 7) is 2.21. The molecule has 2 N–H and O–H groups in total. The van der Waals surface area contributed by atoms with E-state index in [-0.39, 0.29) is 5.56 Å². The fourth-order valence-corrected chi connectivity index (χ4v) is 2.91. The summed E-state index contributed by atoms with van der Waals surface area (Å²) in [5, 5.41) is 16.8. The molecule has 2 unspecified atom stereocenters. The number of nitrogens with zero attached hydrogens (tertiary/aromatic N) is 3. The highest BCUT2D eigenvalue weighted by Crippen LogP contribution is 2.29. The molecular weight excluding hydrogens is 256 g/mol. The monoisotopic (exact) mass is 274 g/mol. The first-order chi connectivity index (χ1) is 9.66. The molecular formula is C14H18N4O2. The molecule has 2 heterocycles. The summed E-state index contributed by atoms with van der Waals surface area (Å²) in [6, 6.07) is 0.308. The number of imidazole rings is 1. The number of carboxylic acids is 1. The van der Waals surface area contributed by atoms with Gasteiger partial charge in [0, 0.05) is 6.04 Å². The summed E-state index contributed by atoms with van der Waals surface area (Å²) >= 11 is 0. The predicted molar refractivity (Wildman–Crippen MR) is 75.0 cm³/mol. The fourth-order valence-electron chi connectivity index (χ4n) is 2.91. The lowest BCUT2D eigenvalue weighted by Gasteiger charge is -2.30. The maximum absolute atomic E-state index is 11.4. The third-order valence-corrected chi connectivity index (χ3v) is 4.13. The first-order valence-electron chi connectivity index (χ1n) is 6.98. The van der Waals surface area contributed by atoms with Crippen molar-refractivity contribution in [3.63, 3.8) is 0 Å². The molecule has 20 heavy (non-hydrogen) atoms. The molecule has 106 valence electrons. The van der Waals surface area contributed by atoms with Crippen LogP contribution in [0.5, 0.6) is 0 Å². The van der Waals surface area contributed by atoms with Crippen molar-refractivity contribution in [2.75, 3.05) is 5.32 Å². The molecule has 1 aliphatic carbocycles. The number of aromatic nitrogens is 3. The van der Waals surface area contributed by atoms with Crippen LogP contribution in [0.4, 0.5) is 5.69 Å². The van der Waals surface area contributed by atoms with Gasteiger partial charge in [0.15, 0.2) is 0 Å². The van der Waals surface area contributed by atoms with Crippen LogP contribution in [0.1, 0.15) is 43.0 Å². The van der Waals surface area contributed by atoms with E-state index in [2.05, 4.69) is 22.3 Å². The van der Waals surface area contributed by atoms with Crippen LogP contribution in [0.15, 0.2) is 18.7 Å². The van der Waals surface area contributed by atoms with E-state index in [1.807, 2.05) is 0 Å². The Kier molecular flexibility index (Phi) is 3.30. The van der Waals surface area contributed by atoms with Crippen molar-refractivity contribution in [1.29, 1.82) is 0 Å². The molecule has 2 atom stereocenters. The average Bonchev–Trinajstić information content (AvgIpc) is 2.90. The molecule has 0 amide bonds. The lowest BCUT2D eigenvalue weighted by atomic mass is 9.85. The second-order valence-corrected chi connectivity index (χ2v) is 5.47. The Bertz CT molecular complexity index is 637. The molecule has 6 nitrogen and oxygen atoms in total. The van der Waals surface area contributed by atoms with E-state index in [0.29, 0.717) is 23.2 Å². The summed E-state index contributed by atoms with van der Waals surface area (Å²) in [6.07, 6.45) is 9.30. The van der Waals surface area contributed by atoms with Gasteiger partial charge in [0.2, 0.25) is 0 Å². The molecule has 3 rings (SSSR count). The second-order valence-electron chi connectivity index (χ2n) is 5.47. The number of hydrogen-bond donors (Lipinski definition) is 2. The van der Waals surface area contributed by atoms with Crippen LogP contribution in [0.3, 0.4) is 0 Å². The number of aromatic carboxylic acids is 1. The van der Waals surface area contributed by atoms with Gasteiger partial charge in [-0.1, -0.05) is 19.8 Å². The fraction of sp³-hybridized carbons (Fsp3) is 0.500. The first-order valence-corrected chi connectivity index (χ1v) is 6.98. The third-order valence-electron chi connectivity index (χ3n) is 4.13. The van der Waals surface area contributed by atoms with Crippen molar-refractivity contribution in [2.24, 2.45) is 5.92 Å². The molecule has 0 aliphatic heterocycles. The zero-order valence-electron chi connectivity index (χ0n) is 11.4. The lowest BCUT2D eigenvalue weighted by molar-refractivity contribution is 0.0697. The highest BCUT2D eigenvalue weighted by atomic mass is 16.4. The van der Waals surface area contributed by atoms with Crippen molar-refractivity contribution >= 4 is 17.2 Å². The molecule has 1 saturated carbocycles. The molecule has 0 bridgehead atoms. The Morgan fingerprint density at radius 2 is 2.20 bits per heavy atom. The molecule has 0 radical (unpaired) electrons. The van der Waals surface area contributed by atoms with Gasteiger partial charge in [-0.3, -0.25) is 0 Å². The maximum Gasteiger partial charge on any atom is 0.339 e. The summed E-state index contributed by atoms with van der Waals surface area (Å²) in [5.74, 6) is -0.423. The van der Waals surface area contributed by atoms with Crippen LogP contribution in [-0.4, -0.2) is 31.7 Å². The topological polar surface area (TPSA) is 79.5 Å². The van der Waals surface area contributed by atoms with E-state index in [1.165, 1.54) is 25.5 Å². The Morgan fingerprint density at radius 1 is 1.40 bits per heavy atom. The van der Waals surface area contributed by atoms with Gasteiger partial charge < -0.3 is 10.4 Å². The van der Waals surface area contributed by atoms with Crippen molar-refractivity contribution in [3.8, 4) is 0 Å². The van der Waals surface area contributed by atoms with Crippen LogP contribution >= 0.6 is 0 Å². The Morgan fingerprint density at radius 3 is 2.95 bits per heavy atom. The number of anilines is 1. The zero-order chi connectivity index (χ0) is 14.1. The Labute approximate surface area is 116 Å². The van der Waals surface area contributed by atoms with Gasteiger partial charge in [-0.05, 0) is 18.8 Å². The van der Waals surface area contributed by atoms with Crippen molar-refractivity contribution in [3.05, 3.63) is 24.3 Å². The van der Waals surface area contributed by atoms with Gasteiger partial charge >= 0.3 is 5.97 Å². The summed E-state index contributed by atoms with van der Waals surface area (Å²) < 4.78 is 1.60. The number of hydrogen-bond acceptors (Lipinski definition) is 4. The van der Waals surface area contributed by atoms with Crippen molar-refractivity contribution in [2.45, 2.75) is 38.6 Å². The minimum Gasteiger partial charge on any atom is -0.478 e. The molecule has 6 heteroatoms. The molecule has 2 aromatic rings. The van der Waals surface area contributed by atoms with Crippen molar-refractivity contribution < 1.29 is 9.90 Å². The second kappa shape index (κ2) is 5.11. The van der Waals surface area contributed by atoms with Crippen LogP contribution in [-0.2, 0) is 0 Å². The van der Waals surface area contributed by atoms with Gasteiger partial charge in [-0.25, -0.2) is 14.3 Å². The minimum atomic E-state index is -0.966.